The van der Waals surface area contributed by atoms with Gasteiger partial charge in [0.1, 0.15) is 0 Å². The molecule has 1 aromatic carbocycles. The van der Waals surface area contributed by atoms with E-state index in [1.165, 1.54) is 15.8 Å². The minimum atomic E-state index is 0.134. The number of imidazole rings is 1. The van der Waals surface area contributed by atoms with Crippen LogP contribution in [0.4, 0.5) is 0 Å². The average Bonchev–Trinajstić information content (AvgIpc) is 2.87. The average molecular weight is 259 g/mol. The molecule has 0 atom stereocenters. The molecule has 2 heterocycles. The van der Waals surface area contributed by atoms with Crippen LogP contribution in [0.5, 0.6) is 0 Å². The van der Waals surface area contributed by atoms with E-state index in [1.807, 2.05) is 12.4 Å². The van der Waals surface area contributed by atoms with E-state index in [2.05, 4.69) is 41.4 Å². The predicted molar refractivity (Wildman–Crippen MR) is 77.3 cm³/mol. The van der Waals surface area contributed by atoms with Crippen LogP contribution in [0.3, 0.4) is 0 Å². The van der Waals surface area contributed by atoms with E-state index in [-0.39, 0.29) is 5.41 Å². The molecule has 0 unspecified atom stereocenters. The van der Waals surface area contributed by atoms with Crippen LogP contribution in [0.1, 0.15) is 25.8 Å². The molecule has 2 aromatic heterocycles. The number of hydrogen-bond acceptors (Lipinski definition) is 3. The summed E-state index contributed by atoms with van der Waals surface area (Å²) < 4.78 is 3.43. The lowest BCUT2D eigenvalue weighted by Crippen LogP contribution is -2.21. The summed E-state index contributed by atoms with van der Waals surface area (Å²) in [6, 6.07) is 6.68. The molecular weight excluding hydrogens is 242 g/mol. The molecule has 0 spiro atoms. The first kappa shape index (κ1) is 11.7. The first-order valence-corrected chi connectivity index (χ1v) is 7.00. The Labute approximate surface area is 110 Å². The molecule has 3 rings (SSSR count). The fourth-order valence-corrected chi connectivity index (χ4v) is 3.39. The van der Waals surface area contributed by atoms with Gasteiger partial charge in [0.2, 0.25) is 0 Å². The number of benzene rings is 1. The quantitative estimate of drug-likeness (QED) is 0.785. The predicted octanol–water partition coefficient (Wildman–Crippen LogP) is 3.18. The van der Waals surface area contributed by atoms with Gasteiger partial charge in [0.05, 0.1) is 10.2 Å². The standard InChI is InChI=1S/C14H17N3S/c1-14(2,5-6-15)10-3-4-11-12(9-10)18-13-16-7-8-17(11)13/h3-4,7-9H,5-6,15H2,1-2H3. The lowest BCUT2D eigenvalue weighted by atomic mass is 9.81. The Kier molecular flexibility index (Phi) is 2.64. The number of rotatable bonds is 3. The summed E-state index contributed by atoms with van der Waals surface area (Å²) in [6.07, 6.45) is 4.86. The van der Waals surface area contributed by atoms with Crippen molar-refractivity contribution in [1.82, 2.24) is 9.38 Å². The molecule has 0 aliphatic carbocycles. The van der Waals surface area contributed by atoms with Gasteiger partial charge in [-0.25, -0.2) is 4.98 Å². The van der Waals surface area contributed by atoms with E-state index >= 15 is 0 Å². The van der Waals surface area contributed by atoms with E-state index in [4.69, 9.17) is 5.73 Å². The van der Waals surface area contributed by atoms with Crippen LogP contribution in [0.2, 0.25) is 0 Å². The highest BCUT2D eigenvalue weighted by atomic mass is 32.1. The van der Waals surface area contributed by atoms with Crippen molar-refractivity contribution < 1.29 is 0 Å². The second-order valence-electron chi connectivity index (χ2n) is 5.29. The van der Waals surface area contributed by atoms with Gasteiger partial charge in [-0.3, -0.25) is 4.40 Å². The van der Waals surface area contributed by atoms with E-state index in [1.54, 1.807) is 11.3 Å². The third kappa shape index (κ3) is 1.72. The summed E-state index contributed by atoms with van der Waals surface area (Å²) in [6.45, 7) is 5.22. The first-order valence-electron chi connectivity index (χ1n) is 6.18. The van der Waals surface area contributed by atoms with E-state index in [9.17, 15) is 0 Å². The van der Waals surface area contributed by atoms with Crippen molar-refractivity contribution in [3.05, 3.63) is 36.2 Å². The highest BCUT2D eigenvalue weighted by Crippen LogP contribution is 2.32. The summed E-state index contributed by atoms with van der Waals surface area (Å²) in [4.78, 5) is 5.40. The smallest absolute Gasteiger partial charge is 0.194 e. The van der Waals surface area contributed by atoms with Crippen LogP contribution < -0.4 is 5.73 Å². The van der Waals surface area contributed by atoms with Crippen molar-refractivity contribution in [3.8, 4) is 0 Å². The van der Waals surface area contributed by atoms with Crippen LogP contribution in [-0.2, 0) is 5.41 Å². The Balaban J connectivity index is 2.16. The van der Waals surface area contributed by atoms with Gasteiger partial charge in [-0.05, 0) is 36.1 Å². The second kappa shape index (κ2) is 4.07. The lowest BCUT2D eigenvalue weighted by Gasteiger charge is -2.24. The van der Waals surface area contributed by atoms with Gasteiger partial charge in [0.25, 0.3) is 0 Å². The maximum atomic E-state index is 5.70. The largest absolute Gasteiger partial charge is 0.330 e. The van der Waals surface area contributed by atoms with Crippen LogP contribution in [0, 0.1) is 0 Å². The summed E-state index contributed by atoms with van der Waals surface area (Å²) >= 11 is 1.74. The summed E-state index contributed by atoms with van der Waals surface area (Å²) in [5.74, 6) is 0. The van der Waals surface area contributed by atoms with Gasteiger partial charge < -0.3 is 5.73 Å². The minimum absolute atomic E-state index is 0.134. The molecule has 0 aliphatic rings. The normalized spacial score (nSPS) is 12.6. The summed E-state index contributed by atoms with van der Waals surface area (Å²) in [5, 5.41) is 0. The fourth-order valence-electron chi connectivity index (χ4n) is 2.37. The van der Waals surface area contributed by atoms with Gasteiger partial charge in [0, 0.05) is 12.4 Å². The Morgan fingerprint density at radius 3 is 3.00 bits per heavy atom. The molecule has 0 amide bonds. The zero-order valence-electron chi connectivity index (χ0n) is 10.7. The molecule has 0 bridgehead atoms. The summed E-state index contributed by atoms with van der Waals surface area (Å²) in [5.41, 5.74) is 8.42. The van der Waals surface area contributed by atoms with Crippen molar-refractivity contribution in [1.29, 1.82) is 0 Å². The number of thiazole rings is 1. The molecule has 3 nitrogen and oxygen atoms in total. The van der Waals surface area contributed by atoms with Gasteiger partial charge in [0.15, 0.2) is 4.96 Å². The van der Waals surface area contributed by atoms with Crippen molar-refractivity contribution in [2.75, 3.05) is 6.54 Å². The third-order valence-corrected chi connectivity index (χ3v) is 4.61. The number of nitrogens with two attached hydrogens (primary N) is 1. The summed E-state index contributed by atoms with van der Waals surface area (Å²) in [7, 11) is 0. The second-order valence-corrected chi connectivity index (χ2v) is 6.30. The van der Waals surface area contributed by atoms with Gasteiger partial charge in [-0.1, -0.05) is 31.3 Å². The molecule has 18 heavy (non-hydrogen) atoms. The van der Waals surface area contributed by atoms with Gasteiger partial charge in [-0.15, -0.1) is 0 Å². The van der Waals surface area contributed by atoms with E-state index < -0.39 is 0 Å². The molecule has 0 radical (unpaired) electrons. The van der Waals surface area contributed by atoms with Crippen LogP contribution in [0.15, 0.2) is 30.6 Å². The Morgan fingerprint density at radius 1 is 1.39 bits per heavy atom. The fraction of sp³-hybridized carbons (Fsp3) is 0.357. The van der Waals surface area contributed by atoms with E-state index in [0.717, 1.165) is 17.9 Å². The van der Waals surface area contributed by atoms with Crippen molar-refractivity contribution >= 4 is 26.5 Å². The molecule has 94 valence electrons. The van der Waals surface area contributed by atoms with E-state index in [0.29, 0.717) is 0 Å². The van der Waals surface area contributed by atoms with Gasteiger partial charge in [-0.2, -0.15) is 0 Å². The van der Waals surface area contributed by atoms with Crippen LogP contribution in [-0.4, -0.2) is 15.9 Å². The molecule has 0 fully saturated rings. The minimum Gasteiger partial charge on any atom is -0.330 e. The monoisotopic (exact) mass is 259 g/mol. The van der Waals surface area contributed by atoms with Crippen molar-refractivity contribution in [2.45, 2.75) is 25.7 Å². The first-order chi connectivity index (χ1) is 8.62. The Hall–Kier alpha value is -1.39. The molecule has 0 aliphatic heterocycles. The number of hydrogen-bond donors (Lipinski definition) is 1. The highest BCUT2D eigenvalue weighted by molar-refractivity contribution is 7.23. The Morgan fingerprint density at radius 2 is 2.22 bits per heavy atom. The van der Waals surface area contributed by atoms with Crippen molar-refractivity contribution in [3.63, 3.8) is 0 Å². The number of nitrogens with zero attached hydrogens (tertiary/aromatic N) is 2. The molecule has 4 heteroatoms. The topological polar surface area (TPSA) is 43.3 Å². The molecule has 0 saturated carbocycles. The zero-order valence-corrected chi connectivity index (χ0v) is 11.5. The maximum Gasteiger partial charge on any atom is 0.194 e. The molecule has 0 saturated heterocycles. The number of aromatic nitrogens is 2. The van der Waals surface area contributed by atoms with Gasteiger partial charge >= 0.3 is 0 Å². The molecular formula is C14H17N3S. The zero-order chi connectivity index (χ0) is 12.8. The number of fused-ring (bicyclic) bond motifs is 3. The molecule has 2 N–H and O–H groups in total. The lowest BCUT2D eigenvalue weighted by molar-refractivity contribution is 0.488. The van der Waals surface area contributed by atoms with Crippen LogP contribution in [0.25, 0.3) is 15.2 Å². The maximum absolute atomic E-state index is 5.70. The Bertz CT molecular complexity index is 693. The highest BCUT2D eigenvalue weighted by Gasteiger charge is 2.20. The van der Waals surface area contributed by atoms with Crippen molar-refractivity contribution in [2.24, 2.45) is 5.73 Å². The third-order valence-electron chi connectivity index (χ3n) is 3.58. The van der Waals surface area contributed by atoms with Crippen LogP contribution >= 0.6 is 11.3 Å². The SMILES string of the molecule is CC(C)(CCN)c1ccc2c(c1)sc1nccn12. The molecule has 3 aromatic rings.